The third kappa shape index (κ3) is 5.21. The number of nitrogens with one attached hydrogen (secondary N) is 2. The largest absolute Gasteiger partial charge is 0.417 e. The normalized spacial score (nSPS) is 19.2. The molecule has 3 heterocycles. The lowest BCUT2D eigenvalue weighted by molar-refractivity contribution is -0.137. The molecule has 5 rings (SSSR count). The number of H-pyrrole nitrogens is 1. The van der Waals surface area contributed by atoms with Crippen LogP contribution in [0.2, 0.25) is 0 Å². The summed E-state index contributed by atoms with van der Waals surface area (Å²) in [6, 6.07) is 16.1. The van der Waals surface area contributed by atoms with Gasteiger partial charge in [0.2, 0.25) is 0 Å². The number of benzene rings is 2. The van der Waals surface area contributed by atoms with E-state index in [-0.39, 0.29) is 6.04 Å². The number of aromatic nitrogens is 3. The fourth-order valence-corrected chi connectivity index (χ4v) is 5.05. The number of aromatic amines is 1. The molecule has 0 saturated carbocycles. The van der Waals surface area contributed by atoms with E-state index in [1.54, 1.807) is 11.9 Å². The quantitative estimate of drug-likeness (QED) is 0.293. The van der Waals surface area contributed by atoms with Gasteiger partial charge < -0.3 is 16.2 Å². The Morgan fingerprint density at radius 1 is 1.09 bits per heavy atom. The topological polar surface area (TPSA) is 103 Å². The van der Waals surface area contributed by atoms with Gasteiger partial charge in [-0.05, 0) is 65.9 Å². The molecule has 5 N–H and O–H groups in total. The number of pyridine rings is 1. The first-order valence-electron chi connectivity index (χ1n) is 11.0. The molecule has 2 aromatic heterocycles. The molecule has 35 heavy (non-hydrogen) atoms. The van der Waals surface area contributed by atoms with Crippen LogP contribution < -0.4 is 11.1 Å². The maximum atomic E-state index is 12.7. The van der Waals surface area contributed by atoms with Gasteiger partial charge in [-0.3, -0.25) is 5.10 Å². The van der Waals surface area contributed by atoms with E-state index >= 15 is 0 Å². The number of halogens is 3. The van der Waals surface area contributed by atoms with Crippen LogP contribution >= 0.6 is 11.9 Å². The van der Waals surface area contributed by atoms with Crippen molar-refractivity contribution in [3.63, 3.8) is 0 Å². The Kier molecular flexibility index (Phi) is 6.30. The Morgan fingerprint density at radius 2 is 1.86 bits per heavy atom. The second kappa shape index (κ2) is 9.40. The summed E-state index contributed by atoms with van der Waals surface area (Å²) in [5.41, 5.74) is 8.04. The summed E-state index contributed by atoms with van der Waals surface area (Å²) in [6.07, 6.45) is -3.69. The predicted molar refractivity (Wildman–Crippen MR) is 131 cm³/mol. The smallest absolute Gasteiger partial charge is 0.390 e. The Hall–Kier alpha value is -3.28. The highest BCUT2D eigenvalue weighted by Crippen LogP contribution is 2.32. The number of piperidine rings is 1. The highest BCUT2D eigenvalue weighted by atomic mass is 32.2. The Morgan fingerprint density at radius 3 is 2.54 bits per heavy atom. The van der Waals surface area contributed by atoms with Gasteiger partial charge in [-0.15, -0.1) is 0 Å². The SMILES string of the molecule is Nc1n[nH]c2cc(-c3ccc(SN4CCC(Nc5ccc(C(F)(F)F)cn5)C(O)C4)cc3)ccc12. The van der Waals surface area contributed by atoms with Crippen LogP contribution in [0.15, 0.2) is 65.7 Å². The number of nitrogens with zero attached hydrogens (tertiary/aromatic N) is 3. The monoisotopic (exact) mass is 500 g/mol. The van der Waals surface area contributed by atoms with Gasteiger partial charge in [0.1, 0.15) is 5.82 Å². The summed E-state index contributed by atoms with van der Waals surface area (Å²) in [6.45, 7) is 1.13. The lowest BCUT2D eigenvalue weighted by atomic mass is 10.0. The van der Waals surface area contributed by atoms with E-state index < -0.39 is 17.8 Å². The van der Waals surface area contributed by atoms with Crippen molar-refractivity contribution in [3.8, 4) is 11.1 Å². The van der Waals surface area contributed by atoms with E-state index in [1.807, 2.05) is 42.5 Å². The van der Waals surface area contributed by atoms with Crippen LogP contribution in [0.4, 0.5) is 24.8 Å². The van der Waals surface area contributed by atoms with Crippen LogP contribution in [-0.4, -0.2) is 49.8 Å². The molecule has 1 aliphatic rings. The van der Waals surface area contributed by atoms with E-state index in [0.717, 1.165) is 39.2 Å². The van der Waals surface area contributed by atoms with Crippen LogP contribution in [0.3, 0.4) is 0 Å². The second-order valence-corrected chi connectivity index (χ2v) is 9.58. The number of aliphatic hydroxyl groups excluding tert-OH is 1. The number of nitrogen functional groups attached to an aromatic ring is 1. The Bertz CT molecular complexity index is 1310. The average molecular weight is 501 g/mol. The molecule has 11 heteroatoms. The summed E-state index contributed by atoms with van der Waals surface area (Å²) in [4.78, 5) is 4.88. The number of aliphatic hydroxyl groups is 1. The molecular weight excluding hydrogens is 477 g/mol. The summed E-state index contributed by atoms with van der Waals surface area (Å²) < 4.78 is 40.2. The highest BCUT2D eigenvalue weighted by molar-refractivity contribution is 7.97. The maximum absolute atomic E-state index is 12.7. The van der Waals surface area contributed by atoms with Crippen molar-refractivity contribution in [1.82, 2.24) is 19.5 Å². The first kappa shape index (κ1) is 23.5. The Labute approximate surface area is 203 Å². The van der Waals surface area contributed by atoms with E-state index in [2.05, 4.69) is 24.8 Å². The number of anilines is 2. The summed E-state index contributed by atoms with van der Waals surface area (Å²) in [7, 11) is 0. The van der Waals surface area contributed by atoms with Gasteiger partial charge in [-0.1, -0.05) is 18.2 Å². The number of hydrogen-bond acceptors (Lipinski definition) is 7. The minimum absolute atomic E-state index is 0.287. The zero-order valence-electron chi connectivity index (χ0n) is 18.5. The van der Waals surface area contributed by atoms with E-state index in [4.69, 9.17) is 5.73 Å². The molecule has 2 aromatic carbocycles. The molecule has 2 atom stereocenters. The molecule has 1 saturated heterocycles. The number of hydrogen-bond donors (Lipinski definition) is 4. The van der Waals surface area contributed by atoms with E-state index in [0.29, 0.717) is 31.1 Å². The molecule has 0 bridgehead atoms. The Balaban J connectivity index is 1.17. The van der Waals surface area contributed by atoms with Crippen LogP contribution in [-0.2, 0) is 6.18 Å². The minimum Gasteiger partial charge on any atom is -0.390 e. The predicted octanol–water partition coefficient (Wildman–Crippen LogP) is 4.78. The highest BCUT2D eigenvalue weighted by Gasteiger charge is 2.31. The third-order valence-electron chi connectivity index (χ3n) is 5.98. The first-order valence-corrected chi connectivity index (χ1v) is 11.8. The van der Waals surface area contributed by atoms with Gasteiger partial charge in [0.25, 0.3) is 0 Å². The van der Waals surface area contributed by atoms with Crippen LogP contribution in [0.25, 0.3) is 22.0 Å². The molecule has 0 amide bonds. The molecule has 0 aliphatic carbocycles. The molecule has 1 fully saturated rings. The zero-order chi connectivity index (χ0) is 24.6. The number of rotatable bonds is 5. The van der Waals surface area contributed by atoms with Crippen molar-refractivity contribution in [2.24, 2.45) is 0 Å². The fraction of sp³-hybridized carbons (Fsp3) is 0.250. The van der Waals surface area contributed by atoms with Gasteiger partial charge in [0, 0.05) is 29.6 Å². The number of nitrogens with two attached hydrogens (primary N) is 1. The van der Waals surface area contributed by atoms with Gasteiger partial charge in [0.15, 0.2) is 5.82 Å². The summed E-state index contributed by atoms with van der Waals surface area (Å²) in [5.74, 6) is 0.796. The lowest BCUT2D eigenvalue weighted by Crippen LogP contribution is -2.47. The molecule has 2 unspecified atom stereocenters. The van der Waals surface area contributed by atoms with Crippen LogP contribution in [0.5, 0.6) is 0 Å². The molecule has 1 aliphatic heterocycles. The maximum Gasteiger partial charge on any atom is 0.417 e. The van der Waals surface area contributed by atoms with Crippen molar-refractivity contribution in [2.75, 3.05) is 24.1 Å². The summed E-state index contributed by atoms with van der Waals surface area (Å²) >= 11 is 1.56. The molecule has 7 nitrogen and oxygen atoms in total. The fourth-order valence-electron chi connectivity index (χ4n) is 4.07. The van der Waals surface area contributed by atoms with Gasteiger partial charge >= 0.3 is 6.18 Å². The third-order valence-corrected chi connectivity index (χ3v) is 7.06. The number of β-amino-alcohol motifs (C(OH)–C–C–N with tert-alkyl or cyclic N) is 1. The second-order valence-electron chi connectivity index (χ2n) is 8.41. The molecule has 0 radical (unpaired) electrons. The van der Waals surface area contributed by atoms with Gasteiger partial charge in [-0.25, -0.2) is 9.29 Å². The zero-order valence-corrected chi connectivity index (χ0v) is 19.3. The van der Waals surface area contributed by atoms with Crippen molar-refractivity contribution in [3.05, 3.63) is 66.4 Å². The molecular formula is C24H23F3N6OS. The first-order chi connectivity index (χ1) is 16.8. The van der Waals surface area contributed by atoms with E-state index in [1.165, 1.54) is 6.07 Å². The van der Waals surface area contributed by atoms with Crippen molar-refractivity contribution in [2.45, 2.75) is 29.6 Å². The van der Waals surface area contributed by atoms with Gasteiger partial charge in [0.05, 0.1) is 23.2 Å². The number of fused-ring (bicyclic) bond motifs is 1. The minimum atomic E-state index is -4.42. The van der Waals surface area contributed by atoms with Crippen LogP contribution in [0.1, 0.15) is 12.0 Å². The summed E-state index contributed by atoms with van der Waals surface area (Å²) in [5, 5.41) is 21.5. The molecule has 182 valence electrons. The molecule has 4 aromatic rings. The molecule has 0 spiro atoms. The van der Waals surface area contributed by atoms with Crippen molar-refractivity contribution < 1.29 is 18.3 Å². The standard InChI is InChI=1S/C24H23F3N6OS/c25-24(26,27)16-4-8-22(29-12-16)30-19-9-10-33(13-21(19)34)35-17-5-1-14(2-6-17)15-3-7-18-20(11-15)31-32-23(18)28/h1-8,11-12,19,21,34H,9-10,13H2,(H,29,30)(H3,28,31,32). The number of alkyl halides is 3. The average Bonchev–Trinajstić information content (AvgIpc) is 3.21. The van der Waals surface area contributed by atoms with E-state index in [9.17, 15) is 18.3 Å². The van der Waals surface area contributed by atoms with Gasteiger partial charge in [-0.2, -0.15) is 18.3 Å². The lowest BCUT2D eigenvalue weighted by Gasteiger charge is -2.35. The van der Waals surface area contributed by atoms with Crippen LogP contribution in [0, 0.1) is 0 Å². The van der Waals surface area contributed by atoms with Crippen molar-refractivity contribution >= 4 is 34.5 Å². The van der Waals surface area contributed by atoms with Crippen molar-refractivity contribution in [1.29, 1.82) is 0 Å².